The first kappa shape index (κ1) is 11.4. The number of carbonyl (C=O) groups excluding carboxylic acids is 1. The van der Waals surface area contributed by atoms with Crippen LogP contribution in [-0.2, 0) is 19.0 Å². The van der Waals surface area contributed by atoms with E-state index in [-0.39, 0.29) is 6.61 Å². The molecule has 0 saturated carbocycles. The average molecular weight is 178 g/mol. The highest BCUT2D eigenvalue weighted by Gasteiger charge is 2.28. The molecule has 1 N–H and O–H groups in total. The zero-order valence-electron chi connectivity index (χ0n) is 7.44. The van der Waals surface area contributed by atoms with Crippen molar-refractivity contribution in [2.24, 2.45) is 5.92 Å². The lowest BCUT2D eigenvalue weighted by molar-refractivity contribution is -0.179. The predicted molar refractivity (Wildman–Crippen MR) is 40.4 cm³/mol. The van der Waals surface area contributed by atoms with Gasteiger partial charge in [-0.1, -0.05) is 0 Å². The lowest BCUT2D eigenvalue weighted by Gasteiger charge is -2.20. The van der Waals surface area contributed by atoms with E-state index in [0.29, 0.717) is 0 Å². The Labute approximate surface area is 71.2 Å². The van der Waals surface area contributed by atoms with Crippen LogP contribution in [0.15, 0.2) is 0 Å². The molecule has 0 aromatic heterocycles. The molecule has 5 heteroatoms. The summed E-state index contributed by atoms with van der Waals surface area (Å²) < 4.78 is 14.0. The number of aliphatic hydroxyl groups excluding tert-OH is 1. The molecule has 0 aromatic carbocycles. The van der Waals surface area contributed by atoms with Crippen LogP contribution in [0.3, 0.4) is 0 Å². The molecule has 0 fully saturated rings. The maximum atomic E-state index is 11.0. The normalized spacial score (nSPS) is 13.1. The van der Waals surface area contributed by atoms with E-state index in [9.17, 15) is 4.79 Å². The molecule has 0 bridgehead atoms. The first-order chi connectivity index (χ1) is 5.71. The molecule has 0 saturated heterocycles. The third-order valence-corrected chi connectivity index (χ3v) is 1.49. The van der Waals surface area contributed by atoms with E-state index in [4.69, 9.17) is 14.6 Å². The van der Waals surface area contributed by atoms with Gasteiger partial charge in [-0.25, -0.2) is 0 Å². The van der Waals surface area contributed by atoms with Gasteiger partial charge in [-0.05, 0) is 0 Å². The SMILES string of the molecule is COC(=O)C(CO)C(OC)OC. The molecular weight excluding hydrogens is 164 g/mol. The molecule has 0 rings (SSSR count). The summed E-state index contributed by atoms with van der Waals surface area (Å²) in [7, 11) is 4.02. The van der Waals surface area contributed by atoms with Crippen LogP contribution in [0.25, 0.3) is 0 Å². The largest absolute Gasteiger partial charge is 0.469 e. The monoisotopic (exact) mass is 178 g/mol. The lowest BCUT2D eigenvalue weighted by atomic mass is 10.1. The molecular formula is C7H14O5. The van der Waals surface area contributed by atoms with Crippen molar-refractivity contribution < 1.29 is 24.1 Å². The Morgan fingerprint density at radius 3 is 2.08 bits per heavy atom. The van der Waals surface area contributed by atoms with Crippen molar-refractivity contribution in [3.05, 3.63) is 0 Å². The van der Waals surface area contributed by atoms with Gasteiger partial charge in [-0.15, -0.1) is 0 Å². The van der Waals surface area contributed by atoms with Gasteiger partial charge in [0.1, 0.15) is 5.92 Å². The number of ether oxygens (including phenoxy) is 3. The maximum absolute atomic E-state index is 11.0. The minimum atomic E-state index is -0.787. The molecule has 0 radical (unpaired) electrons. The van der Waals surface area contributed by atoms with Crippen molar-refractivity contribution in [2.75, 3.05) is 27.9 Å². The average Bonchev–Trinajstić information content (AvgIpc) is 2.12. The van der Waals surface area contributed by atoms with Crippen LogP contribution in [0.2, 0.25) is 0 Å². The maximum Gasteiger partial charge on any atom is 0.316 e. The fraction of sp³-hybridized carbons (Fsp3) is 0.857. The molecule has 12 heavy (non-hydrogen) atoms. The standard InChI is InChI=1S/C7H14O5/c1-10-6(9)5(4-8)7(11-2)12-3/h5,7-8H,4H2,1-3H3. The number of aliphatic hydroxyl groups is 1. The number of hydrogen-bond acceptors (Lipinski definition) is 5. The van der Waals surface area contributed by atoms with Gasteiger partial charge < -0.3 is 19.3 Å². The van der Waals surface area contributed by atoms with Gasteiger partial charge in [-0.2, -0.15) is 0 Å². The van der Waals surface area contributed by atoms with Crippen LogP contribution >= 0.6 is 0 Å². The zero-order chi connectivity index (χ0) is 9.56. The summed E-state index contributed by atoms with van der Waals surface area (Å²) >= 11 is 0. The minimum Gasteiger partial charge on any atom is -0.469 e. The van der Waals surface area contributed by atoms with E-state index in [1.165, 1.54) is 21.3 Å². The summed E-state index contributed by atoms with van der Waals surface area (Å²) in [5.74, 6) is -1.34. The quantitative estimate of drug-likeness (QED) is 0.449. The predicted octanol–water partition coefficient (Wildman–Crippen LogP) is -0.613. The molecule has 0 aliphatic rings. The van der Waals surface area contributed by atoms with E-state index in [2.05, 4.69) is 4.74 Å². The first-order valence-electron chi connectivity index (χ1n) is 3.45. The fourth-order valence-electron chi connectivity index (χ4n) is 0.848. The summed E-state index contributed by atoms with van der Waals surface area (Å²) in [4.78, 5) is 11.0. The van der Waals surface area contributed by atoms with E-state index in [1.54, 1.807) is 0 Å². The molecule has 1 atom stereocenters. The molecule has 0 heterocycles. The third-order valence-electron chi connectivity index (χ3n) is 1.49. The second kappa shape index (κ2) is 5.93. The number of esters is 1. The highest BCUT2D eigenvalue weighted by molar-refractivity contribution is 5.72. The number of rotatable bonds is 5. The Morgan fingerprint density at radius 2 is 1.83 bits per heavy atom. The summed E-state index contributed by atoms with van der Waals surface area (Å²) in [5.41, 5.74) is 0. The summed E-state index contributed by atoms with van der Waals surface area (Å²) in [6.45, 7) is -0.362. The highest BCUT2D eigenvalue weighted by Crippen LogP contribution is 2.09. The zero-order valence-corrected chi connectivity index (χ0v) is 7.44. The van der Waals surface area contributed by atoms with Crippen LogP contribution in [-0.4, -0.2) is 45.3 Å². The molecule has 5 nitrogen and oxygen atoms in total. The summed E-state index contributed by atoms with van der Waals surface area (Å²) in [6.07, 6.45) is -0.762. The summed E-state index contributed by atoms with van der Waals surface area (Å²) in [5, 5.41) is 8.80. The fourth-order valence-corrected chi connectivity index (χ4v) is 0.848. The smallest absolute Gasteiger partial charge is 0.316 e. The molecule has 1 unspecified atom stereocenters. The Bertz CT molecular complexity index is 132. The van der Waals surface area contributed by atoms with Gasteiger partial charge in [-0.3, -0.25) is 4.79 Å². The number of carbonyl (C=O) groups is 1. The van der Waals surface area contributed by atoms with Gasteiger partial charge in [0.2, 0.25) is 0 Å². The molecule has 0 spiro atoms. The molecule has 0 aliphatic heterocycles. The van der Waals surface area contributed by atoms with Crippen molar-refractivity contribution >= 4 is 5.97 Å². The Hall–Kier alpha value is -0.650. The van der Waals surface area contributed by atoms with Gasteiger partial charge >= 0.3 is 5.97 Å². The van der Waals surface area contributed by atoms with Crippen molar-refractivity contribution in [2.45, 2.75) is 6.29 Å². The lowest BCUT2D eigenvalue weighted by Crippen LogP contribution is -2.34. The van der Waals surface area contributed by atoms with Gasteiger partial charge in [0.05, 0.1) is 13.7 Å². The second-order valence-corrected chi connectivity index (χ2v) is 2.15. The Balaban J connectivity index is 4.19. The molecule has 0 aromatic rings. The number of hydrogen-bond donors (Lipinski definition) is 1. The molecule has 72 valence electrons. The van der Waals surface area contributed by atoms with Crippen LogP contribution in [0.5, 0.6) is 0 Å². The molecule has 0 amide bonds. The van der Waals surface area contributed by atoms with Gasteiger partial charge in [0.25, 0.3) is 0 Å². The summed E-state index contributed by atoms with van der Waals surface area (Å²) in [6, 6.07) is 0. The van der Waals surface area contributed by atoms with Crippen LogP contribution < -0.4 is 0 Å². The third kappa shape index (κ3) is 2.77. The van der Waals surface area contributed by atoms with E-state index >= 15 is 0 Å². The van der Waals surface area contributed by atoms with Crippen molar-refractivity contribution in [3.8, 4) is 0 Å². The topological polar surface area (TPSA) is 65.0 Å². The van der Waals surface area contributed by atoms with Crippen molar-refractivity contribution in [1.82, 2.24) is 0 Å². The van der Waals surface area contributed by atoms with Gasteiger partial charge in [0.15, 0.2) is 6.29 Å². The van der Waals surface area contributed by atoms with E-state index in [1.807, 2.05) is 0 Å². The van der Waals surface area contributed by atoms with E-state index in [0.717, 1.165) is 0 Å². The van der Waals surface area contributed by atoms with Crippen molar-refractivity contribution in [1.29, 1.82) is 0 Å². The molecule has 0 aliphatic carbocycles. The van der Waals surface area contributed by atoms with E-state index < -0.39 is 18.2 Å². The van der Waals surface area contributed by atoms with Crippen LogP contribution in [0.1, 0.15) is 0 Å². The minimum absolute atomic E-state index is 0.362. The highest BCUT2D eigenvalue weighted by atomic mass is 16.7. The number of methoxy groups -OCH3 is 3. The first-order valence-corrected chi connectivity index (χ1v) is 3.45. The van der Waals surface area contributed by atoms with Crippen LogP contribution in [0, 0.1) is 5.92 Å². The van der Waals surface area contributed by atoms with Gasteiger partial charge in [0, 0.05) is 14.2 Å². The Kier molecular flexibility index (Phi) is 5.61. The van der Waals surface area contributed by atoms with Crippen LogP contribution in [0.4, 0.5) is 0 Å². The second-order valence-electron chi connectivity index (χ2n) is 2.15. The Morgan fingerprint density at radius 1 is 1.33 bits per heavy atom. The van der Waals surface area contributed by atoms with Crippen molar-refractivity contribution in [3.63, 3.8) is 0 Å².